The second-order valence-corrected chi connectivity index (χ2v) is 5.18. The highest BCUT2D eigenvalue weighted by Crippen LogP contribution is 2.27. The molecular weight excluding hydrogens is 214 g/mol. The Kier molecular flexibility index (Phi) is 3.20. The van der Waals surface area contributed by atoms with E-state index in [4.69, 9.17) is 0 Å². The molecule has 0 aromatic heterocycles. The topological polar surface area (TPSA) is 40.5 Å². The molecule has 3 heteroatoms. The quantitative estimate of drug-likeness (QED) is 0.842. The average Bonchev–Trinajstić information content (AvgIpc) is 2.76. The van der Waals surface area contributed by atoms with Crippen LogP contribution in [0.5, 0.6) is 0 Å². The van der Waals surface area contributed by atoms with E-state index in [1.54, 1.807) is 4.90 Å². The molecule has 0 aliphatic carbocycles. The summed E-state index contributed by atoms with van der Waals surface area (Å²) in [5, 5.41) is 9.49. The fourth-order valence-corrected chi connectivity index (χ4v) is 2.30. The molecule has 0 spiro atoms. The Morgan fingerprint density at radius 3 is 2.53 bits per heavy atom. The second kappa shape index (κ2) is 4.49. The summed E-state index contributed by atoms with van der Waals surface area (Å²) in [6, 6.07) is 9.80. The first-order valence-electron chi connectivity index (χ1n) is 6.05. The minimum absolute atomic E-state index is 0.0975. The van der Waals surface area contributed by atoms with Crippen molar-refractivity contribution in [1.29, 1.82) is 0 Å². The van der Waals surface area contributed by atoms with E-state index in [1.807, 2.05) is 44.2 Å². The molecule has 92 valence electrons. The Morgan fingerprint density at radius 1 is 1.35 bits per heavy atom. The number of hydrogen-bond donors (Lipinski definition) is 1. The van der Waals surface area contributed by atoms with Crippen LogP contribution in [0.25, 0.3) is 0 Å². The minimum atomic E-state index is -0.522. The van der Waals surface area contributed by atoms with Crippen molar-refractivity contribution in [2.24, 2.45) is 0 Å². The van der Waals surface area contributed by atoms with Crippen molar-refractivity contribution in [3.63, 3.8) is 0 Å². The molecule has 1 aromatic rings. The maximum atomic E-state index is 12.4. The maximum Gasteiger partial charge on any atom is 0.232 e. The lowest BCUT2D eigenvalue weighted by molar-refractivity contribution is -0.135. The molecule has 2 rings (SSSR count). The third-order valence-corrected chi connectivity index (χ3v) is 3.48. The number of nitrogens with zero attached hydrogens (tertiary/aromatic N) is 1. The second-order valence-electron chi connectivity index (χ2n) is 5.18. The van der Waals surface area contributed by atoms with Crippen molar-refractivity contribution >= 4 is 5.91 Å². The first-order valence-corrected chi connectivity index (χ1v) is 6.05. The number of carbonyl (C=O) groups is 1. The lowest BCUT2D eigenvalue weighted by Crippen LogP contribution is -2.42. The zero-order valence-corrected chi connectivity index (χ0v) is 10.4. The Morgan fingerprint density at radius 2 is 2.00 bits per heavy atom. The summed E-state index contributed by atoms with van der Waals surface area (Å²) in [4.78, 5) is 14.2. The molecule has 1 heterocycles. The van der Waals surface area contributed by atoms with E-state index in [0.717, 1.165) is 5.56 Å². The number of benzene rings is 1. The predicted octanol–water partition coefficient (Wildman–Crippen LogP) is 1.56. The van der Waals surface area contributed by atoms with Crippen LogP contribution in [-0.2, 0) is 10.2 Å². The number of β-amino-alcohol motifs (C(OH)–C–C–N with tert-alkyl or cyclic N) is 1. The largest absolute Gasteiger partial charge is 0.391 e. The Labute approximate surface area is 102 Å². The predicted molar refractivity (Wildman–Crippen MR) is 66.7 cm³/mol. The van der Waals surface area contributed by atoms with Gasteiger partial charge in [0.1, 0.15) is 0 Å². The van der Waals surface area contributed by atoms with E-state index in [-0.39, 0.29) is 12.0 Å². The highest BCUT2D eigenvalue weighted by Gasteiger charge is 2.36. The van der Waals surface area contributed by atoms with Gasteiger partial charge < -0.3 is 10.0 Å². The van der Waals surface area contributed by atoms with Crippen LogP contribution in [0.15, 0.2) is 30.3 Å². The van der Waals surface area contributed by atoms with Gasteiger partial charge in [-0.3, -0.25) is 4.79 Å². The van der Waals surface area contributed by atoms with Gasteiger partial charge in [-0.05, 0) is 25.8 Å². The molecule has 1 aromatic carbocycles. The number of amides is 1. The highest BCUT2D eigenvalue weighted by atomic mass is 16.3. The first kappa shape index (κ1) is 12.1. The van der Waals surface area contributed by atoms with Crippen molar-refractivity contribution in [3.8, 4) is 0 Å². The summed E-state index contributed by atoms with van der Waals surface area (Å²) >= 11 is 0. The molecule has 1 unspecified atom stereocenters. The normalized spacial score (nSPS) is 20.6. The standard InChI is InChI=1S/C14H19NO2/c1-14(2,11-6-4-3-5-7-11)13(17)15-9-8-12(16)10-15/h3-7,12,16H,8-10H2,1-2H3. The highest BCUT2D eigenvalue weighted by molar-refractivity contribution is 5.87. The summed E-state index contributed by atoms with van der Waals surface area (Å²) in [7, 11) is 0. The molecule has 1 saturated heterocycles. The number of hydrogen-bond acceptors (Lipinski definition) is 2. The van der Waals surface area contributed by atoms with Gasteiger partial charge in [-0.15, -0.1) is 0 Å². The van der Waals surface area contributed by atoms with Crippen LogP contribution in [0, 0.1) is 0 Å². The number of aliphatic hydroxyl groups excluding tert-OH is 1. The number of likely N-dealkylation sites (tertiary alicyclic amines) is 1. The van der Waals surface area contributed by atoms with E-state index in [2.05, 4.69) is 0 Å². The van der Waals surface area contributed by atoms with Gasteiger partial charge in [0.05, 0.1) is 11.5 Å². The summed E-state index contributed by atoms with van der Waals surface area (Å²) in [6.45, 7) is 5.01. The van der Waals surface area contributed by atoms with Gasteiger partial charge in [-0.2, -0.15) is 0 Å². The summed E-state index contributed by atoms with van der Waals surface area (Å²) in [5.74, 6) is 0.0975. The van der Waals surface area contributed by atoms with Gasteiger partial charge in [-0.25, -0.2) is 0 Å². The van der Waals surface area contributed by atoms with Crippen LogP contribution < -0.4 is 0 Å². The van der Waals surface area contributed by atoms with E-state index in [1.165, 1.54) is 0 Å². The fraction of sp³-hybridized carbons (Fsp3) is 0.500. The van der Waals surface area contributed by atoms with Gasteiger partial charge in [-0.1, -0.05) is 30.3 Å². The SMILES string of the molecule is CC(C)(C(=O)N1CCC(O)C1)c1ccccc1. The molecule has 0 saturated carbocycles. The summed E-state index contributed by atoms with van der Waals surface area (Å²) < 4.78 is 0. The molecule has 1 fully saturated rings. The molecule has 17 heavy (non-hydrogen) atoms. The zero-order chi connectivity index (χ0) is 12.5. The van der Waals surface area contributed by atoms with Gasteiger partial charge in [0.2, 0.25) is 5.91 Å². The van der Waals surface area contributed by atoms with Crippen molar-refractivity contribution < 1.29 is 9.90 Å². The minimum Gasteiger partial charge on any atom is -0.391 e. The van der Waals surface area contributed by atoms with Gasteiger partial charge in [0.25, 0.3) is 0 Å². The third kappa shape index (κ3) is 2.34. The van der Waals surface area contributed by atoms with Crippen LogP contribution in [0.2, 0.25) is 0 Å². The van der Waals surface area contributed by atoms with Crippen molar-refractivity contribution in [2.75, 3.05) is 13.1 Å². The van der Waals surface area contributed by atoms with E-state index < -0.39 is 5.41 Å². The first-order chi connectivity index (χ1) is 8.01. The van der Waals surface area contributed by atoms with Crippen LogP contribution >= 0.6 is 0 Å². The maximum absolute atomic E-state index is 12.4. The van der Waals surface area contributed by atoms with Gasteiger partial charge in [0, 0.05) is 13.1 Å². The third-order valence-electron chi connectivity index (χ3n) is 3.48. The molecule has 1 atom stereocenters. The Hall–Kier alpha value is -1.35. The fourth-order valence-electron chi connectivity index (χ4n) is 2.30. The van der Waals surface area contributed by atoms with Crippen molar-refractivity contribution in [3.05, 3.63) is 35.9 Å². The Bertz CT molecular complexity index is 400. The summed E-state index contributed by atoms with van der Waals surface area (Å²) in [6.07, 6.45) is 0.335. The van der Waals surface area contributed by atoms with Crippen molar-refractivity contribution in [1.82, 2.24) is 4.90 Å². The number of aliphatic hydroxyl groups is 1. The number of carbonyl (C=O) groups excluding carboxylic acids is 1. The monoisotopic (exact) mass is 233 g/mol. The summed E-state index contributed by atoms with van der Waals surface area (Å²) in [5.41, 5.74) is 0.497. The van der Waals surface area contributed by atoms with Crippen LogP contribution in [-0.4, -0.2) is 35.1 Å². The van der Waals surface area contributed by atoms with Crippen LogP contribution in [0.4, 0.5) is 0 Å². The van der Waals surface area contributed by atoms with Crippen LogP contribution in [0.3, 0.4) is 0 Å². The molecule has 1 amide bonds. The molecule has 0 bridgehead atoms. The van der Waals surface area contributed by atoms with E-state index in [9.17, 15) is 9.90 Å². The molecule has 1 N–H and O–H groups in total. The Balaban J connectivity index is 2.18. The van der Waals surface area contributed by atoms with E-state index in [0.29, 0.717) is 19.5 Å². The lowest BCUT2D eigenvalue weighted by atomic mass is 9.83. The van der Waals surface area contributed by atoms with E-state index >= 15 is 0 Å². The molecule has 3 nitrogen and oxygen atoms in total. The van der Waals surface area contributed by atoms with Crippen molar-refractivity contribution in [2.45, 2.75) is 31.8 Å². The molecule has 1 aliphatic rings. The number of rotatable bonds is 2. The lowest BCUT2D eigenvalue weighted by Gasteiger charge is -2.29. The van der Waals surface area contributed by atoms with Crippen LogP contribution in [0.1, 0.15) is 25.8 Å². The molecule has 0 radical (unpaired) electrons. The van der Waals surface area contributed by atoms with Gasteiger partial charge >= 0.3 is 0 Å². The average molecular weight is 233 g/mol. The molecule has 1 aliphatic heterocycles. The molecular formula is C14H19NO2. The zero-order valence-electron chi connectivity index (χ0n) is 10.4. The van der Waals surface area contributed by atoms with Gasteiger partial charge in [0.15, 0.2) is 0 Å². The smallest absolute Gasteiger partial charge is 0.232 e.